The van der Waals surface area contributed by atoms with Gasteiger partial charge >= 0.3 is 0 Å². The Kier molecular flexibility index (Phi) is 18.7. The van der Waals surface area contributed by atoms with E-state index in [1.165, 1.54) is 101 Å². The zero-order chi connectivity index (χ0) is 19.6. The van der Waals surface area contributed by atoms with Crippen LogP contribution in [0.1, 0.15) is 97.3 Å². The summed E-state index contributed by atoms with van der Waals surface area (Å²) in [6.45, 7) is 7.33. The van der Waals surface area contributed by atoms with Gasteiger partial charge in [0.1, 0.15) is 0 Å². The molecule has 0 aliphatic rings. The number of nitrogens with zero attached hydrogens (tertiary/aromatic N) is 1. The Morgan fingerprint density at radius 2 is 0.920 bits per heavy atom. The van der Waals surface area contributed by atoms with E-state index in [2.05, 4.69) is 27.9 Å². The van der Waals surface area contributed by atoms with Gasteiger partial charge in [-0.3, -0.25) is 4.55 Å². The fourth-order valence-corrected chi connectivity index (χ4v) is 2.93. The zero-order valence-corrected chi connectivity index (χ0v) is 18.0. The van der Waals surface area contributed by atoms with E-state index in [9.17, 15) is 0 Å². The molecular formula is C19H43NO4S. The molecule has 0 aromatic heterocycles. The van der Waals surface area contributed by atoms with Crippen LogP contribution in [0.25, 0.3) is 0 Å². The highest BCUT2D eigenvalue weighted by atomic mass is 32.3. The van der Waals surface area contributed by atoms with Crippen molar-refractivity contribution in [1.82, 2.24) is 0 Å². The molecule has 0 fully saturated rings. The molecule has 0 aliphatic heterocycles. The predicted octanol–water partition coefficient (Wildman–Crippen LogP) is 5.18. The maximum absolute atomic E-state index is 8.63. The predicted molar refractivity (Wildman–Crippen MR) is 106 cm³/mol. The first kappa shape index (κ1) is 27.1. The minimum Gasteiger partial charge on any atom is -0.726 e. The normalized spacial score (nSPS) is 11.9. The van der Waals surface area contributed by atoms with Crippen LogP contribution in [0.5, 0.6) is 0 Å². The summed E-state index contributed by atoms with van der Waals surface area (Å²) in [4.78, 5) is 0. The van der Waals surface area contributed by atoms with Crippen LogP contribution in [0.15, 0.2) is 0 Å². The first-order valence-electron chi connectivity index (χ1n) is 10.1. The molecule has 0 heterocycles. The van der Waals surface area contributed by atoms with E-state index in [1.807, 2.05) is 0 Å². The van der Waals surface area contributed by atoms with E-state index in [0.717, 1.165) is 0 Å². The van der Waals surface area contributed by atoms with Crippen LogP contribution in [-0.4, -0.2) is 49.2 Å². The molecule has 5 nitrogen and oxygen atoms in total. The largest absolute Gasteiger partial charge is 0.726 e. The molecule has 0 spiro atoms. The molecule has 6 heteroatoms. The summed E-state index contributed by atoms with van der Waals surface area (Å²) in [6, 6.07) is 0. The van der Waals surface area contributed by atoms with Crippen LogP contribution in [0.4, 0.5) is 0 Å². The van der Waals surface area contributed by atoms with Gasteiger partial charge in [-0.1, -0.05) is 71.6 Å². The maximum atomic E-state index is 8.63. The molecule has 1 N–H and O–H groups in total. The van der Waals surface area contributed by atoms with Gasteiger partial charge in [-0.15, -0.1) is 0 Å². The summed E-state index contributed by atoms with van der Waals surface area (Å²) in [6.07, 6.45) is 18.6. The maximum Gasteiger partial charge on any atom is 0.215 e. The molecule has 0 atom stereocenters. The minimum atomic E-state index is -4.92. The van der Waals surface area contributed by atoms with Crippen molar-refractivity contribution in [3.63, 3.8) is 0 Å². The lowest BCUT2D eigenvalue weighted by molar-refractivity contribution is -0.890. The van der Waals surface area contributed by atoms with Gasteiger partial charge in [0.25, 0.3) is 0 Å². The van der Waals surface area contributed by atoms with Crippen molar-refractivity contribution in [2.24, 2.45) is 0 Å². The summed E-state index contributed by atoms with van der Waals surface area (Å²) in [5.41, 5.74) is 0. The van der Waals surface area contributed by atoms with E-state index in [-0.39, 0.29) is 0 Å². The number of rotatable bonds is 15. The van der Waals surface area contributed by atoms with E-state index in [0.29, 0.717) is 0 Å². The Morgan fingerprint density at radius 3 is 1.28 bits per heavy atom. The highest BCUT2D eigenvalue weighted by Crippen LogP contribution is 2.12. The Balaban J connectivity index is 0. The Hall–Kier alpha value is -0.170. The molecule has 0 saturated carbocycles. The Labute approximate surface area is 157 Å². The van der Waals surface area contributed by atoms with Crippen molar-refractivity contribution >= 4 is 10.4 Å². The summed E-state index contributed by atoms with van der Waals surface area (Å²) in [5, 5.41) is 0. The summed E-state index contributed by atoms with van der Waals surface area (Å²) in [5.74, 6) is 0. The highest BCUT2D eigenvalue weighted by Gasteiger charge is 2.13. The van der Waals surface area contributed by atoms with Crippen molar-refractivity contribution in [3.05, 3.63) is 0 Å². The molecule has 0 bridgehead atoms. The van der Waals surface area contributed by atoms with Gasteiger partial charge in [-0.2, -0.15) is 0 Å². The monoisotopic (exact) mass is 381 g/mol. The third-order valence-corrected chi connectivity index (χ3v) is 4.48. The van der Waals surface area contributed by atoms with Crippen LogP contribution in [0, 0.1) is 0 Å². The molecule has 0 aromatic rings. The summed E-state index contributed by atoms with van der Waals surface area (Å²) < 4.78 is 34.1. The molecule has 0 saturated heterocycles. The standard InChI is InChI=1S/C19H42N.H2O4S/c1-5-7-9-10-11-12-13-14-15-17-19-20(3,4)18-16-8-6-2;1-5(2,3)4/h5-19H2,1-4H3;(H2,1,2,3,4)/q+1;/p-1. The number of hydrogen-bond donors (Lipinski definition) is 1. The van der Waals surface area contributed by atoms with Gasteiger partial charge in [0.05, 0.1) is 27.2 Å². The third kappa shape index (κ3) is 32.0. The third-order valence-electron chi connectivity index (χ3n) is 4.48. The van der Waals surface area contributed by atoms with Crippen LogP contribution in [0.2, 0.25) is 0 Å². The smallest absolute Gasteiger partial charge is 0.215 e. The van der Waals surface area contributed by atoms with Gasteiger partial charge < -0.3 is 9.04 Å². The van der Waals surface area contributed by atoms with Gasteiger partial charge in [-0.05, 0) is 25.7 Å². The molecule has 0 radical (unpaired) electrons. The first-order valence-corrected chi connectivity index (χ1v) is 11.5. The molecule has 0 unspecified atom stereocenters. The Bertz CT molecular complexity index is 362. The lowest BCUT2D eigenvalue weighted by Gasteiger charge is -2.29. The van der Waals surface area contributed by atoms with E-state index in [1.54, 1.807) is 0 Å². The van der Waals surface area contributed by atoms with Gasteiger partial charge in [-0.25, -0.2) is 8.42 Å². The van der Waals surface area contributed by atoms with Gasteiger partial charge in [0, 0.05) is 0 Å². The molecule has 0 aromatic carbocycles. The lowest BCUT2D eigenvalue weighted by atomic mass is 10.1. The number of unbranched alkanes of at least 4 members (excludes halogenated alkanes) is 11. The van der Waals surface area contributed by atoms with E-state index in [4.69, 9.17) is 17.5 Å². The average molecular weight is 382 g/mol. The lowest BCUT2D eigenvalue weighted by Crippen LogP contribution is -2.41. The second kappa shape index (κ2) is 17.3. The highest BCUT2D eigenvalue weighted by molar-refractivity contribution is 7.79. The minimum absolute atomic E-state index is 1.23. The van der Waals surface area contributed by atoms with Crippen LogP contribution < -0.4 is 0 Å². The zero-order valence-electron chi connectivity index (χ0n) is 17.1. The van der Waals surface area contributed by atoms with Crippen molar-refractivity contribution in [1.29, 1.82) is 0 Å². The van der Waals surface area contributed by atoms with Gasteiger partial charge in [0.15, 0.2) is 0 Å². The van der Waals surface area contributed by atoms with Crippen molar-refractivity contribution < 1.29 is 22.0 Å². The van der Waals surface area contributed by atoms with E-state index < -0.39 is 10.4 Å². The fourth-order valence-electron chi connectivity index (χ4n) is 2.93. The second-order valence-corrected chi connectivity index (χ2v) is 8.56. The number of hydrogen-bond acceptors (Lipinski definition) is 3. The topological polar surface area (TPSA) is 77.4 Å². The van der Waals surface area contributed by atoms with Crippen molar-refractivity contribution in [2.45, 2.75) is 97.3 Å². The molecule has 154 valence electrons. The van der Waals surface area contributed by atoms with Crippen LogP contribution >= 0.6 is 0 Å². The number of quaternary nitrogens is 1. The second-order valence-electron chi connectivity index (χ2n) is 7.70. The Morgan fingerprint density at radius 1 is 0.680 bits per heavy atom. The average Bonchev–Trinajstić information content (AvgIpc) is 2.47. The molecule has 0 rings (SSSR count). The van der Waals surface area contributed by atoms with Crippen LogP contribution in [-0.2, 0) is 10.4 Å². The summed E-state index contributed by atoms with van der Waals surface area (Å²) >= 11 is 0. The van der Waals surface area contributed by atoms with E-state index >= 15 is 0 Å². The fraction of sp³-hybridized carbons (Fsp3) is 1.00. The van der Waals surface area contributed by atoms with Crippen LogP contribution in [0.3, 0.4) is 0 Å². The quantitative estimate of drug-likeness (QED) is 0.183. The van der Waals surface area contributed by atoms with Crippen molar-refractivity contribution in [3.8, 4) is 0 Å². The first-order chi connectivity index (χ1) is 11.6. The van der Waals surface area contributed by atoms with Gasteiger partial charge in [0.2, 0.25) is 10.4 Å². The van der Waals surface area contributed by atoms with Crippen molar-refractivity contribution in [2.75, 3.05) is 27.2 Å². The molecule has 25 heavy (non-hydrogen) atoms. The summed E-state index contributed by atoms with van der Waals surface area (Å²) in [7, 11) is -0.104. The molecule has 0 aliphatic carbocycles. The molecule has 0 amide bonds. The SMILES string of the molecule is CCCCCCCCCCCC[N+](C)(C)CCCCC.O=S(=O)([O-])O. The molecular weight excluding hydrogens is 338 g/mol.